The van der Waals surface area contributed by atoms with E-state index in [0.717, 1.165) is 43.8 Å². The molecule has 0 radical (unpaired) electrons. The van der Waals surface area contributed by atoms with Gasteiger partial charge in [-0.3, -0.25) is 9.69 Å². The monoisotopic (exact) mass is 287 g/mol. The Hall–Kier alpha value is -1.65. The number of carbonyl (C=O) groups excluding carboxylic acids is 1. The maximum Gasteiger partial charge on any atom is 0.199 e. The summed E-state index contributed by atoms with van der Waals surface area (Å²) in [6.45, 7) is 8.25. The lowest BCUT2D eigenvalue weighted by Crippen LogP contribution is -2.37. The smallest absolute Gasteiger partial charge is 0.199 e. The molecule has 112 valence electrons. The predicted molar refractivity (Wildman–Crippen MR) is 81.9 cm³/mol. The zero-order valence-corrected chi connectivity index (χ0v) is 12.6. The van der Waals surface area contributed by atoms with Crippen molar-refractivity contribution in [3.63, 3.8) is 0 Å². The molecule has 0 bridgehead atoms. The Morgan fingerprint density at radius 3 is 2.76 bits per heavy atom. The average Bonchev–Trinajstić information content (AvgIpc) is 2.95. The molecule has 1 fully saturated rings. The van der Waals surface area contributed by atoms with Crippen LogP contribution in [0.1, 0.15) is 28.1 Å². The van der Waals surface area contributed by atoms with Gasteiger partial charge >= 0.3 is 0 Å². The molecule has 0 atom stereocenters. The number of carbonyl (C=O) groups is 1. The zero-order chi connectivity index (χ0) is 14.8. The molecule has 0 aliphatic carbocycles. The lowest BCUT2D eigenvalue weighted by molar-refractivity contribution is 0.0368. The number of hydrogen-bond acceptors (Lipinski definition) is 4. The molecule has 3 rings (SSSR count). The van der Waals surface area contributed by atoms with Gasteiger partial charge in [0.25, 0.3) is 0 Å². The molecule has 1 aliphatic rings. The zero-order valence-electron chi connectivity index (χ0n) is 12.6. The third-order valence-electron chi connectivity index (χ3n) is 4.27. The molecule has 2 aromatic rings. The van der Waals surface area contributed by atoms with Gasteiger partial charge in [-0.1, -0.05) is 6.07 Å². The first-order chi connectivity index (χ1) is 10.1. The number of benzene rings is 1. The number of furan rings is 1. The van der Waals surface area contributed by atoms with Crippen LogP contribution in [0.4, 0.5) is 0 Å². The summed E-state index contributed by atoms with van der Waals surface area (Å²) < 4.78 is 11.0. The SMILES string of the molecule is Cc1ccc2oc(C(=O)CCN3CCOCC3)cc2c1C. The van der Waals surface area contributed by atoms with Crippen molar-refractivity contribution in [2.75, 3.05) is 32.8 Å². The van der Waals surface area contributed by atoms with Gasteiger partial charge in [-0.2, -0.15) is 0 Å². The van der Waals surface area contributed by atoms with E-state index in [0.29, 0.717) is 12.2 Å². The van der Waals surface area contributed by atoms with Gasteiger partial charge in [-0.15, -0.1) is 0 Å². The van der Waals surface area contributed by atoms with Crippen LogP contribution in [0.25, 0.3) is 11.0 Å². The van der Waals surface area contributed by atoms with Crippen molar-refractivity contribution in [3.05, 3.63) is 35.1 Å². The van der Waals surface area contributed by atoms with Crippen molar-refractivity contribution >= 4 is 16.8 Å². The fourth-order valence-electron chi connectivity index (χ4n) is 2.71. The Morgan fingerprint density at radius 1 is 1.24 bits per heavy atom. The lowest BCUT2D eigenvalue weighted by atomic mass is 10.1. The van der Waals surface area contributed by atoms with Gasteiger partial charge in [0.1, 0.15) is 5.58 Å². The summed E-state index contributed by atoms with van der Waals surface area (Å²) in [7, 11) is 0. The van der Waals surface area contributed by atoms with Crippen LogP contribution in [-0.2, 0) is 4.74 Å². The molecule has 0 N–H and O–H groups in total. The minimum atomic E-state index is 0.0785. The van der Waals surface area contributed by atoms with Crippen LogP contribution in [0.5, 0.6) is 0 Å². The first-order valence-corrected chi connectivity index (χ1v) is 7.48. The summed E-state index contributed by atoms with van der Waals surface area (Å²) in [5.74, 6) is 0.557. The average molecular weight is 287 g/mol. The van der Waals surface area contributed by atoms with Crippen LogP contribution >= 0.6 is 0 Å². The largest absolute Gasteiger partial charge is 0.453 e. The van der Waals surface area contributed by atoms with Gasteiger partial charge in [-0.05, 0) is 37.1 Å². The quantitative estimate of drug-likeness (QED) is 0.811. The summed E-state index contributed by atoms with van der Waals surface area (Å²) in [5, 5.41) is 1.05. The molecule has 2 heterocycles. The van der Waals surface area contributed by atoms with E-state index in [1.807, 2.05) is 18.2 Å². The number of nitrogens with zero attached hydrogens (tertiary/aromatic N) is 1. The summed E-state index contributed by atoms with van der Waals surface area (Å²) in [5.41, 5.74) is 3.20. The number of fused-ring (bicyclic) bond motifs is 1. The summed E-state index contributed by atoms with van der Waals surface area (Å²) in [6, 6.07) is 5.86. The molecule has 1 aromatic heterocycles. The molecule has 0 saturated carbocycles. The molecule has 21 heavy (non-hydrogen) atoms. The first kappa shape index (κ1) is 14.3. The van der Waals surface area contributed by atoms with Gasteiger partial charge in [-0.25, -0.2) is 0 Å². The second-order valence-corrected chi connectivity index (χ2v) is 5.66. The molecule has 0 unspecified atom stereocenters. The number of ketones is 1. The summed E-state index contributed by atoms with van der Waals surface area (Å²) in [4.78, 5) is 14.6. The normalized spacial score (nSPS) is 16.5. The van der Waals surface area contributed by atoms with Gasteiger partial charge in [0, 0.05) is 31.4 Å². The maximum atomic E-state index is 12.3. The second-order valence-electron chi connectivity index (χ2n) is 5.66. The molecule has 1 aliphatic heterocycles. The molecule has 1 aromatic carbocycles. The molecule has 1 saturated heterocycles. The van der Waals surface area contributed by atoms with Crippen LogP contribution < -0.4 is 0 Å². The lowest BCUT2D eigenvalue weighted by Gasteiger charge is -2.25. The summed E-state index contributed by atoms with van der Waals surface area (Å²) in [6.07, 6.45) is 0.498. The number of ether oxygens (including phenoxy) is 1. The molecular weight excluding hydrogens is 266 g/mol. The van der Waals surface area contributed by atoms with Crippen LogP contribution in [0.15, 0.2) is 22.6 Å². The van der Waals surface area contributed by atoms with Crippen molar-refractivity contribution in [3.8, 4) is 0 Å². The fraction of sp³-hybridized carbons (Fsp3) is 0.471. The van der Waals surface area contributed by atoms with Crippen molar-refractivity contribution < 1.29 is 13.9 Å². The second kappa shape index (κ2) is 6.00. The Morgan fingerprint density at radius 2 is 2.00 bits per heavy atom. The topological polar surface area (TPSA) is 42.7 Å². The number of aryl methyl sites for hydroxylation is 2. The highest BCUT2D eigenvalue weighted by Crippen LogP contribution is 2.25. The first-order valence-electron chi connectivity index (χ1n) is 7.48. The van der Waals surface area contributed by atoms with Crippen LogP contribution in [0.2, 0.25) is 0 Å². The highest BCUT2D eigenvalue weighted by molar-refractivity contribution is 5.98. The van der Waals surface area contributed by atoms with Crippen LogP contribution in [0, 0.1) is 13.8 Å². The van der Waals surface area contributed by atoms with Gasteiger partial charge in [0.05, 0.1) is 13.2 Å². The number of morpholine rings is 1. The maximum absolute atomic E-state index is 12.3. The van der Waals surface area contributed by atoms with E-state index in [2.05, 4.69) is 18.7 Å². The van der Waals surface area contributed by atoms with Crippen molar-refractivity contribution in [1.82, 2.24) is 4.90 Å². The minimum absolute atomic E-state index is 0.0785. The van der Waals surface area contributed by atoms with E-state index in [1.54, 1.807) is 0 Å². The van der Waals surface area contributed by atoms with E-state index >= 15 is 0 Å². The standard InChI is InChI=1S/C17H21NO3/c1-12-3-4-16-14(13(12)2)11-17(21-16)15(19)5-6-18-7-9-20-10-8-18/h3-4,11H,5-10H2,1-2H3. The van der Waals surface area contributed by atoms with Crippen LogP contribution in [-0.4, -0.2) is 43.5 Å². The van der Waals surface area contributed by atoms with Crippen molar-refractivity contribution in [2.45, 2.75) is 20.3 Å². The van der Waals surface area contributed by atoms with Crippen molar-refractivity contribution in [1.29, 1.82) is 0 Å². The Balaban J connectivity index is 1.71. The number of Topliss-reactive ketones (excluding diaryl/α,β-unsaturated/α-hetero) is 1. The van der Waals surface area contributed by atoms with E-state index < -0.39 is 0 Å². The van der Waals surface area contributed by atoms with E-state index in [4.69, 9.17) is 9.15 Å². The van der Waals surface area contributed by atoms with Gasteiger partial charge < -0.3 is 9.15 Å². The molecule has 0 amide bonds. The molecule has 4 nitrogen and oxygen atoms in total. The third kappa shape index (κ3) is 3.01. The van der Waals surface area contributed by atoms with E-state index in [1.165, 1.54) is 11.1 Å². The Labute approximate surface area is 124 Å². The third-order valence-corrected chi connectivity index (χ3v) is 4.27. The van der Waals surface area contributed by atoms with Crippen LogP contribution in [0.3, 0.4) is 0 Å². The van der Waals surface area contributed by atoms with E-state index in [-0.39, 0.29) is 5.78 Å². The number of rotatable bonds is 4. The molecule has 0 spiro atoms. The highest BCUT2D eigenvalue weighted by Gasteiger charge is 2.16. The minimum Gasteiger partial charge on any atom is -0.453 e. The van der Waals surface area contributed by atoms with E-state index in [9.17, 15) is 4.79 Å². The predicted octanol–water partition coefficient (Wildman–Crippen LogP) is 2.95. The van der Waals surface area contributed by atoms with Gasteiger partial charge in [0.15, 0.2) is 11.5 Å². The van der Waals surface area contributed by atoms with Gasteiger partial charge in [0.2, 0.25) is 0 Å². The molecular formula is C17H21NO3. The highest BCUT2D eigenvalue weighted by atomic mass is 16.5. The van der Waals surface area contributed by atoms with Crippen molar-refractivity contribution in [2.24, 2.45) is 0 Å². The Bertz CT molecular complexity index is 653. The number of hydrogen-bond donors (Lipinski definition) is 0. The molecule has 4 heteroatoms. The summed E-state index contributed by atoms with van der Waals surface area (Å²) >= 11 is 0. The Kier molecular flexibility index (Phi) is 4.08. The fourth-order valence-corrected chi connectivity index (χ4v) is 2.71.